The second-order valence-corrected chi connectivity index (χ2v) is 11.0. The van der Waals surface area contributed by atoms with Crippen LogP contribution in [0.1, 0.15) is 57.7 Å². The molecule has 1 saturated carbocycles. The minimum atomic E-state index is -0.362. The van der Waals surface area contributed by atoms with E-state index in [1.54, 1.807) is 37.4 Å². The summed E-state index contributed by atoms with van der Waals surface area (Å²) in [5.74, 6) is 1.35. The van der Waals surface area contributed by atoms with Gasteiger partial charge in [-0.15, -0.1) is 0 Å². The van der Waals surface area contributed by atoms with Crippen LogP contribution in [0.3, 0.4) is 0 Å². The van der Waals surface area contributed by atoms with Crippen molar-refractivity contribution in [3.63, 3.8) is 0 Å². The second kappa shape index (κ2) is 13.7. The summed E-state index contributed by atoms with van der Waals surface area (Å²) in [5, 5.41) is 13.8. The molecule has 234 valence electrons. The van der Waals surface area contributed by atoms with Gasteiger partial charge in [0.25, 0.3) is 5.91 Å². The average Bonchev–Trinajstić information content (AvgIpc) is 3.56. The summed E-state index contributed by atoms with van der Waals surface area (Å²) in [4.78, 5) is 28.4. The number of hydrogen-bond donors (Lipinski definition) is 3. The van der Waals surface area contributed by atoms with Gasteiger partial charge in [0.05, 0.1) is 11.1 Å². The molecular formula is C37H36FN5O3. The third kappa shape index (κ3) is 6.50. The summed E-state index contributed by atoms with van der Waals surface area (Å²) < 4.78 is 19.3. The third-order valence-electron chi connectivity index (χ3n) is 8.07. The van der Waals surface area contributed by atoms with Crippen molar-refractivity contribution < 1.29 is 18.4 Å². The normalized spacial score (nSPS) is 13.7. The number of halogens is 1. The number of aromatic nitrogens is 3. The van der Waals surface area contributed by atoms with E-state index in [2.05, 4.69) is 32.4 Å². The molecule has 9 heteroatoms. The monoisotopic (exact) mass is 617 g/mol. The number of carbonyl (C=O) groups is 2. The van der Waals surface area contributed by atoms with Crippen molar-refractivity contribution in [2.45, 2.75) is 32.2 Å². The van der Waals surface area contributed by atoms with Gasteiger partial charge in [0.2, 0.25) is 0 Å². The van der Waals surface area contributed by atoms with Crippen LogP contribution in [0.15, 0.2) is 96.0 Å². The Kier molecular flexibility index (Phi) is 9.53. The first kappa shape index (κ1) is 32.0. The summed E-state index contributed by atoms with van der Waals surface area (Å²) in [7, 11) is 3.51. The highest BCUT2D eigenvalue weighted by Crippen LogP contribution is 2.43. The van der Waals surface area contributed by atoms with Gasteiger partial charge >= 0.3 is 0 Å². The molecule has 0 radical (unpaired) electrons. The fourth-order valence-electron chi connectivity index (χ4n) is 5.21. The van der Waals surface area contributed by atoms with Crippen molar-refractivity contribution in [2.24, 2.45) is 0 Å². The minimum absolute atomic E-state index is 0.0259. The maximum absolute atomic E-state index is 13.3. The number of aldehydes is 1. The van der Waals surface area contributed by atoms with Crippen molar-refractivity contribution in [1.29, 1.82) is 0 Å². The molecule has 1 fully saturated rings. The number of H-pyrrole nitrogens is 1. The van der Waals surface area contributed by atoms with Gasteiger partial charge < -0.3 is 15.1 Å². The SMILES string of the molecule is C=C/C(=C\C=C/C)c1n[nH]c(C2(NC)CC2)n1.CNC(=O)c1c(-c2ccc(F)cc2)oc2ccc(-c3cc(C=O)ccc3C)cc12. The van der Waals surface area contributed by atoms with E-state index < -0.39 is 0 Å². The lowest BCUT2D eigenvalue weighted by Crippen LogP contribution is -2.25. The Balaban J connectivity index is 0.000000209. The van der Waals surface area contributed by atoms with E-state index in [9.17, 15) is 14.0 Å². The molecule has 2 aromatic heterocycles. The molecular weight excluding hydrogens is 581 g/mol. The lowest BCUT2D eigenvalue weighted by atomic mass is 9.96. The van der Waals surface area contributed by atoms with Crippen LogP contribution in [0.4, 0.5) is 4.39 Å². The van der Waals surface area contributed by atoms with Crippen LogP contribution in [0.2, 0.25) is 0 Å². The van der Waals surface area contributed by atoms with Crippen molar-refractivity contribution in [3.8, 4) is 22.5 Å². The third-order valence-corrected chi connectivity index (χ3v) is 8.07. The summed E-state index contributed by atoms with van der Waals surface area (Å²) in [6.07, 6.45) is 10.7. The number of allylic oxidation sites excluding steroid dienone is 5. The van der Waals surface area contributed by atoms with Gasteiger partial charge in [-0.3, -0.25) is 14.7 Å². The minimum Gasteiger partial charge on any atom is -0.455 e. The van der Waals surface area contributed by atoms with Gasteiger partial charge in [0.1, 0.15) is 29.3 Å². The first-order chi connectivity index (χ1) is 22.3. The van der Waals surface area contributed by atoms with E-state index in [0.717, 1.165) is 47.2 Å². The van der Waals surface area contributed by atoms with Crippen LogP contribution in [0.25, 0.3) is 39.0 Å². The highest BCUT2D eigenvalue weighted by Gasteiger charge is 2.46. The van der Waals surface area contributed by atoms with E-state index in [4.69, 9.17) is 4.42 Å². The summed E-state index contributed by atoms with van der Waals surface area (Å²) in [5.41, 5.74) is 5.88. The fraction of sp³-hybridized carbons (Fsp3) is 0.189. The van der Waals surface area contributed by atoms with Crippen molar-refractivity contribution in [1.82, 2.24) is 25.8 Å². The van der Waals surface area contributed by atoms with Gasteiger partial charge in [-0.25, -0.2) is 9.37 Å². The number of rotatable bonds is 9. The van der Waals surface area contributed by atoms with Crippen LogP contribution in [-0.4, -0.2) is 41.5 Å². The Bertz CT molecular complexity index is 1960. The lowest BCUT2D eigenvalue weighted by molar-refractivity contribution is 0.0964. The molecule has 2 heterocycles. The van der Waals surface area contributed by atoms with E-state index >= 15 is 0 Å². The Labute approximate surface area is 267 Å². The Morgan fingerprint density at radius 2 is 1.80 bits per heavy atom. The molecule has 5 aromatic rings. The molecule has 1 amide bonds. The fourth-order valence-corrected chi connectivity index (χ4v) is 5.21. The maximum atomic E-state index is 13.3. The molecule has 46 heavy (non-hydrogen) atoms. The zero-order valence-corrected chi connectivity index (χ0v) is 26.3. The quantitative estimate of drug-likeness (QED) is 0.116. The predicted octanol–water partition coefficient (Wildman–Crippen LogP) is 7.55. The highest BCUT2D eigenvalue weighted by atomic mass is 19.1. The zero-order valence-electron chi connectivity index (χ0n) is 26.3. The summed E-state index contributed by atoms with van der Waals surface area (Å²) in [6.45, 7) is 7.72. The van der Waals surface area contributed by atoms with E-state index in [1.165, 1.54) is 12.1 Å². The number of carbonyl (C=O) groups excluding carboxylic acids is 2. The van der Waals surface area contributed by atoms with Gasteiger partial charge in [-0.1, -0.05) is 49.1 Å². The highest BCUT2D eigenvalue weighted by molar-refractivity contribution is 6.11. The molecule has 3 N–H and O–H groups in total. The van der Waals surface area contributed by atoms with Crippen LogP contribution in [0, 0.1) is 12.7 Å². The number of nitrogens with zero attached hydrogens (tertiary/aromatic N) is 2. The summed E-state index contributed by atoms with van der Waals surface area (Å²) in [6, 6.07) is 16.9. The molecule has 1 aliphatic rings. The Hall–Kier alpha value is -5.41. The van der Waals surface area contributed by atoms with Crippen LogP contribution < -0.4 is 10.6 Å². The molecule has 0 bridgehead atoms. The molecule has 0 spiro atoms. The number of furan rings is 1. The number of hydrogen-bond acceptors (Lipinski definition) is 6. The van der Waals surface area contributed by atoms with E-state index in [0.29, 0.717) is 39.2 Å². The Morgan fingerprint density at radius 3 is 2.43 bits per heavy atom. The molecule has 0 atom stereocenters. The molecule has 3 aromatic carbocycles. The number of fused-ring (bicyclic) bond motifs is 1. The first-order valence-electron chi connectivity index (χ1n) is 15.0. The smallest absolute Gasteiger partial charge is 0.255 e. The van der Waals surface area contributed by atoms with Gasteiger partial charge in [-0.05, 0) is 92.9 Å². The van der Waals surface area contributed by atoms with Crippen LogP contribution >= 0.6 is 0 Å². The van der Waals surface area contributed by atoms with Crippen molar-refractivity contribution in [2.75, 3.05) is 14.1 Å². The van der Waals surface area contributed by atoms with Gasteiger partial charge in [-0.2, -0.15) is 5.10 Å². The molecule has 0 unspecified atom stereocenters. The number of amides is 1. The van der Waals surface area contributed by atoms with Crippen molar-refractivity contribution >= 4 is 28.7 Å². The average molecular weight is 618 g/mol. The molecule has 0 saturated heterocycles. The van der Waals surface area contributed by atoms with Crippen LogP contribution in [-0.2, 0) is 5.54 Å². The zero-order chi connectivity index (χ0) is 32.8. The number of aryl methyl sites for hydroxylation is 1. The number of aromatic amines is 1. The molecule has 8 nitrogen and oxygen atoms in total. The van der Waals surface area contributed by atoms with Crippen molar-refractivity contribution in [3.05, 3.63) is 126 Å². The van der Waals surface area contributed by atoms with E-state index in [1.807, 2.05) is 63.4 Å². The van der Waals surface area contributed by atoms with E-state index in [-0.39, 0.29) is 17.3 Å². The largest absolute Gasteiger partial charge is 0.455 e. The predicted molar refractivity (Wildman–Crippen MR) is 180 cm³/mol. The summed E-state index contributed by atoms with van der Waals surface area (Å²) >= 11 is 0. The second-order valence-electron chi connectivity index (χ2n) is 11.0. The maximum Gasteiger partial charge on any atom is 0.255 e. The Morgan fingerprint density at radius 1 is 1.07 bits per heavy atom. The number of nitrogens with one attached hydrogen (secondary N) is 3. The molecule has 1 aliphatic carbocycles. The standard InChI is InChI=1S/C24H18FNO3.C13H18N4/c1-14-3-4-15(13-27)11-19(14)17-7-10-21-20(12-17)22(24(28)26-2)23(29-21)16-5-8-18(25)9-6-16;1-4-6-7-10(5-2)11-15-12(17-16-11)13(14-3)8-9-13/h3-13H,1-2H3,(H,26,28);4-7,14H,2,8-9H2,1,3H3,(H,15,16,17)/b;6-4-,10-7+. The topological polar surface area (TPSA) is 113 Å². The first-order valence-corrected chi connectivity index (χ1v) is 15.0. The number of benzene rings is 3. The van der Waals surface area contributed by atoms with Gasteiger partial charge in [0.15, 0.2) is 5.82 Å². The van der Waals surface area contributed by atoms with Gasteiger partial charge in [0, 0.05) is 29.1 Å². The van der Waals surface area contributed by atoms with Crippen LogP contribution in [0.5, 0.6) is 0 Å². The molecule has 0 aliphatic heterocycles. The lowest BCUT2D eigenvalue weighted by Gasteiger charge is -2.08. The molecule has 6 rings (SSSR count).